The SMILES string of the molecule is COC(=O)C1=CO[C@H](C)[C@H]2CN3CCc4c([nH]c5cc(OC)c(OC)cc45)C3C[C@@H]12.[HH]. The van der Waals surface area contributed by atoms with Crippen molar-refractivity contribution in [3.05, 3.63) is 35.2 Å². The highest BCUT2D eigenvalue weighted by Crippen LogP contribution is 2.48. The number of hydrogen-bond donors (Lipinski definition) is 1. The maximum absolute atomic E-state index is 12.4. The summed E-state index contributed by atoms with van der Waals surface area (Å²) in [5.74, 6) is 1.59. The molecule has 5 rings (SSSR count). The van der Waals surface area contributed by atoms with Crippen molar-refractivity contribution in [2.24, 2.45) is 11.8 Å². The summed E-state index contributed by atoms with van der Waals surface area (Å²) >= 11 is 0. The molecule has 0 aliphatic carbocycles. The fourth-order valence-corrected chi connectivity index (χ4v) is 5.56. The average molecular weight is 415 g/mol. The van der Waals surface area contributed by atoms with Crippen LogP contribution in [0.15, 0.2) is 24.0 Å². The summed E-state index contributed by atoms with van der Waals surface area (Å²) in [4.78, 5) is 18.6. The summed E-state index contributed by atoms with van der Waals surface area (Å²) in [6.45, 7) is 4.00. The number of fused-ring (bicyclic) bond motifs is 6. The Bertz CT molecular complexity index is 1030. The molecular weight excluding hydrogens is 384 g/mol. The number of nitrogens with zero attached hydrogens (tertiary/aromatic N) is 1. The Morgan fingerprint density at radius 2 is 2.00 bits per heavy atom. The Labute approximate surface area is 177 Å². The van der Waals surface area contributed by atoms with E-state index in [9.17, 15) is 4.79 Å². The Morgan fingerprint density at radius 3 is 2.73 bits per heavy atom. The quantitative estimate of drug-likeness (QED) is 0.776. The van der Waals surface area contributed by atoms with Crippen molar-refractivity contribution in [3.8, 4) is 11.5 Å². The van der Waals surface area contributed by atoms with Gasteiger partial charge >= 0.3 is 5.97 Å². The number of esters is 1. The van der Waals surface area contributed by atoms with Crippen molar-refractivity contribution < 1.29 is 25.2 Å². The van der Waals surface area contributed by atoms with E-state index in [4.69, 9.17) is 18.9 Å². The largest absolute Gasteiger partial charge is 0.497 e. The van der Waals surface area contributed by atoms with Gasteiger partial charge in [-0.2, -0.15) is 0 Å². The Balaban J connectivity index is 0.00000231. The minimum Gasteiger partial charge on any atom is -0.497 e. The highest BCUT2D eigenvalue weighted by Gasteiger charge is 2.47. The van der Waals surface area contributed by atoms with Gasteiger partial charge in [-0.05, 0) is 31.4 Å². The molecule has 4 heterocycles. The maximum Gasteiger partial charge on any atom is 0.337 e. The van der Waals surface area contributed by atoms with Crippen LogP contribution in [0.2, 0.25) is 0 Å². The van der Waals surface area contributed by atoms with Crippen LogP contribution >= 0.6 is 0 Å². The first-order valence-corrected chi connectivity index (χ1v) is 10.5. The lowest BCUT2D eigenvalue weighted by Crippen LogP contribution is -2.51. The van der Waals surface area contributed by atoms with Crippen molar-refractivity contribution in [1.29, 1.82) is 0 Å². The lowest BCUT2D eigenvalue weighted by Gasteiger charge is -2.49. The fraction of sp³-hybridized carbons (Fsp3) is 0.522. The van der Waals surface area contributed by atoms with Crippen molar-refractivity contribution >= 4 is 16.9 Å². The maximum atomic E-state index is 12.4. The standard InChI is InChI=1S/C23H28N2O5.H2/c1-12-16-10-25-6-5-13-15-8-20(27-2)21(28-3)9-18(15)24-22(13)19(25)7-14(16)17(11-30-12)23(26)29-4;/h8-9,11-12,14,16,19,24H,5-7,10H2,1-4H3;1H/t12-,14-,16-,19?;/m1./s1. The third-order valence-electron chi connectivity index (χ3n) is 7.14. The monoisotopic (exact) mass is 414 g/mol. The second-order valence-electron chi connectivity index (χ2n) is 8.44. The molecule has 1 fully saturated rings. The summed E-state index contributed by atoms with van der Waals surface area (Å²) in [5, 5.41) is 1.19. The molecule has 1 saturated heterocycles. The van der Waals surface area contributed by atoms with E-state index in [1.165, 1.54) is 23.8 Å². The smallest absolute Gasteiger partial charge is 0.337 e. The third-order valence-corrected chi connectivity index (χ3v) is 7.14. The molecule has 0 radical (unpaired) electrons. The van der Waals surface area contributed by atoms with Crippen molar-refractivity contribution in [2.75, 3.05) is 34.4 Å². The van der Waals surface area contributed by atoms with Gasteiger partial charge in [-0.3, -0.25) is 4.90 Å². The van der Waals surface area contributed by atoms with Gasteiger partial charge < -0.3 is 23.9 Å². The van der Waals surface area contributed by atoms with Crippen LogP contribution in [0.1, 0.15) is 32.1 Å². The van der Waals surface area contributed by atoms with E-state index in [-0.39, 0.29) is 31.4 Å². The molecule has 2 aromatic rings. The molecule has 162 valence electrons. The zero-order valence-electron chi connectivity index (χ0n) is 17.9. The van der Waals surface area contributed by atoms with Crippen LogP contribution in [0.3, 0.4) is 0 Å². The molecule has 1 N–H and O–H groups in total. The third kappa shape index (κ3) is 2.79. The van der Waals surface area contributed by atoms with E-state index < -0.39 is 0 Å². The number of piperidine rings is 1. The van der Waals surface area contributed by atoms with E-state index >= 15 is 0 Å². The first-order valence-electron chi connectivity index (χ1n) is 10.5. The van der Waals surface area contributed by atoms with Crippen LogP contribution in [-0.2, 0) is 20.7 Å². The molecule has 3 aliphatic rings. The Hall–Kier alpha value is -2.67. The van der Waals surface area contributed by atoms with Crippen molar-refractivity contribution in [2.45, 2.75) is 31.9 Å². The van der Waals surface area contributed by atoms with E-state index in [2.05, 4.69) is 22.9 Å². The van der Waals surface area contributed by atoms with Crippen LogP contribution in [0.5, 0.6) is 11.5 Å². The van der Waals surface area contributed by atoms with Crippen molar-refractivity contribution in [3.63, 3.8) is 0 Å². The van der Waals surface area contributed by atoms with Crippen molar-refractivity contribution in [1.82, 2.24) is 9.88 Å². The first-order chi connectivity index (χ1) is 14.5. The summed E-state index contributed by atoms with van der Waals surface area (Å²) in [7, 11) is 4.75. The molecule has 1 aromatic heterocycles. The predicted molar refractivity (Wildman–Crippen MR) is 114 cm³/mol. The van der Waals surface area contributed by atoms with Crippen LogP contribution in [0.4, 0.5) is 0 Å². The number of benzene rings is 1. The molecule has 0 saturated carbocycles. The lowest BCUT2D eigenvalue weighted by molar-refractivity contribution is -0.139. The zero-order valence-corrected chi connectivity index (χ0v) is 17.9. The molecule has 1 unspecified atom stereocenters. The lowest BCUT2D eigenvalue weighted by atomic mass is 9.72. The van der Waals surface area contributed by atoms with E-state index in [1.54, 1.807) is 20.5 Å². The van der Waals surface area contributed by atoms with Gasteiger partial charge in [0.2, 0.25) is 0 Å². The number of rotatable bonds is 3. The molecule has 1 aromatic carbocycles. The van der Waals surface area contributed by atoms with Gasteiger partial charge in [-0.25, -0.2) is 4.79 Å². The summed E-state index contributed by atoms with van der Waals surface area (Å²) < 4.78 is 21.9. The summed E-state index contributed by atoms with van der Waals surface area (Å²) in [6.07, 6.45) is 3.56. The van der Waals surface area contributed by atoms with Crippen LogP contribution in [-0.4, -0.2) is 56.4 Å². The number of ether oxygens (including phenoxy) is 4. The normalized spacial score (nSPS) is 27.9. The fourth-order valence-electron chi connectivity index (χ4n) is 5.56. The zero-order chi connectivity index (χ0) is 21.0. The number of methoxy groups -OCH3 is 3. The second-order valence-corrected chi connectivity index (χ2v) is 8.44. The minimum atomic E-state index is -0.285. The molecule has 0 spiro atoms. The first kappa shape index (κ1) is 19.3. The van der Waals surface area contributed by atoms with Gasteiger partial charge in [-0.1, -0.05) is 0 Å². The molecular formula is C23H30N2O5. The number of aromatic amines is 1. The Morgan fingerprint density at radius 1 is 1.23 bits per heavy atom. The highest BCUT2D eigenvalue weighted by molar-refractivity contribution is 5.89. The van der Waals surface area contributed by atoms with Gasteiger partial charge in [0, 0.05) is 49.0 Å². The summed E-state index contributed by atoms with van der Waals surface area (Å²) in [5.41, 5.74) is 4.31. The number of H-pyrrole nitrogens is 1. The molecule has 30 heavy (non-hydrogen) atoms. The van der Waals surface area contributed by atoms with E-state index in [0.29, 0.717) is 5.57 Å². The molecule has 0 amide bonds. The van der Waals surface area contributed by atoms with Gasteiger partial charge in [0.1, 0.15) is 0 Å². The average Bonchev–Trinajstić information content (AvgIpc) is 3.14. The van der Waals surface area contributed by atoms with Crippen LogP contribution in [0, 0.1) is 11.8 Å². The number of carbonyl (C=O) groups is 1. The number of aromatic nitrogens is 1. The van der Waals surface area contributed by atoms with E-state index in [0.717, 1.165) is 42.9 Å². The highest BCUT2D eigenvalue weighted by atomic mass is 16.5. The molecule has 7 nitrogen and oxygen atoms in total. The van der Waals surface area contributed by atoms with Crippen LogP contribution < -0.4 is 9.47 Å². The Kier molecular flexibility index (Phi) is 4.65. The second kappa shape index (κ2) is 7.23. The topological polar surface area (TPSA) is 73.0 Å². The molecule has 7 heteroatoms. The van der Waals surface area contributed by atoms with Crippen LogP contribution in [0.25, 0.3) is 10.9 Å². The van der Waals surface area contributed by atoms with Gasteiger partial charge in [0.15, 0.2) is 11.5 Å². The number of nitrogens with one attached hydrogen (secondary N) is 1. The molecule has 0 bridgehead atoms. The van der Waals surface area contributed by atoms with Gasteiger partial charge in [0.25, 0.3) is 0 Å². The predicted octanol–water partition coefficient (Wildman–Crippen LogP) is 3.44. The number of hydrogen-bond acceptors (Lipinski definition) is 6. The summed E-state index contributed by atoms with van der Waals surface area (Å²) in [6, 6.07) is 4.32. The van der Waals surface area contributed by atoms with Gasteiger partial charge in [-0.15, -0.1) is 0 Å². The van der Waals surface area contributed by atoms with Gasteiger partial charge in [0.05, 0.1) is 45.3 Å². The minimum absolute atomic E-state index is 0. The van der Waals surface area contributed by atoms with E-state index in [1.807, 2.05) is 6.07 Å². The molecule has 4 atom stereocenters. The molecule has 3 aliphatic heterocycles. The number of carbonyl (C=O) groups excluding carboxylic acids is 1.